The molecule has 0 aliphatic carbocycles. The Kier molecular flexibility index (Phi) is 28.5. The third kappa shape index (κ3) is 21.0. The first-order valence-electron chi connectivity index (χ1n) is 23.4. The van der Waals surface area contributed by atoms with Gasteiger partial charge in [0, 0.05) is 31.2 Å². The zero-order valence-corrected chi connectivity index (χ0v) is 44.3. The highest BCUT2D eigenvalue weighted by atomic mass is 16.6. The fraction of sp³-hybridized carbons (Fsp3) is 0.365. The Balaban J connectivity index is 0.000000521. The van der Waals surface area contributed by atoms with Crippen molar-refractivity contribution in [2.75, 3.05) is 39.6 Å². The van der Waals surface area contributed by atoms with Gasteiger partial charge in [0.25, 0.3) is 0 Å². The second kappa shape index (κ2) is 33.4. The van der Waals surface area contributed by atoms with Crippen molar-refractivity contribution in [2.45, 2.75) is 62.3 Å². The third-order valence-electron chi connectivity index (χ3n) is 9.06. The van der Waals surface area contributed by atoms with Gasteiger partial charge < -0.3 is 43.4 Å². The second-order valence-corrected chi connectivity index (χ2v) is 17.6. The van der Waals surface area contributed by atoms with E-state index in [1.807, 2.05) is 55.4 Å². The number of aromatic carboxylic acids is 1. The molecule has 0 aliphatic rings. The Hall–Kier alpha value is -9.49. The molecule has 0 spiro atoms. The molecule has 26 nitrogen and oxygen atoms in total. The molecule has 2 N–H and O–H groups in total. The van der Waals surface area contributed by atoms with Crippen molar-refractivity contribution in [3.63, 3.8) is 0 Å². The Bertz CT molecular complexity index is 2790. The predicted molar refractivity (Wildman–Crippen MR) is 281 cm³/mol. The highest BCUT2D eigenvalue weighted by molar-refractivity contribution is 5.93. The summed E-state index contributed by atoms with van der Waals surface area (Å²) < 4.78 is 36.9. The maximum Gasteiger partial charge on any atom is 0.339 e. The van der Waals surface area contributed by atoms with Gasteiger partial charge in [0.15, 0.2) is 41.9 Å². The number of phenols is 1. The lowest BCUT2D eigenvalue weighted by molar-refractivity contribution is -0.386. The number of nitrogens with zero attached hydrogens (tertiary/aromatic N) is 4. The standard InChI is InChI=1S/C14H17NO6.C14H17NO5.C13H15NO6.C11H13NO5/c1-4-7-20-12-10(14(16)17)5-6-11(15(18)19)13(12)21-8-9(2)3;1-4-7-19-13-11(8-16)5-6-12(15(17)18)14(13)20-9-10(2)3;1-8(2)7-19-13-11(14(17)18)5-4-10(6-15)12(13)20-9(3)16;1-7(2)6-17-11-9(12(15)16)4-3-8(5-13)10(11)14/h4-6,9H,1,7-8H2,2-3H3,(H,16,17);4-6,8,10H,1,7,9H2,2-3H3;4-6,8H,7H2,1-3H3;3-5,7,14H,6H2,1-2H3. The van der Waals surface area contributed by atoms with Crippen molar-refractivity contribution >= 4 is 53.5 Å². The van der Waals surface area contributed by atoms with Crippen molar-refractivity contribution in [2.24, 2.45) is 23.7 Å². The van der Waals surface area contributed by atoms with Crippen LogP contribution in [0.4, 0.5) is 22.7 Å². The number of ether oxygens (including phenoxy) is 7. The molecule has 0 amide bonds. The van der Waals surface area contributed by atoms with Crippen molar-refractivity contribution in [3.05, 3.63) is 137 Å². The van der Waals surface area contributed by atoms with Crippen LogP contribution in [0.3, 0.4) is 0 Å². The number of phenolic OH excluding ortho intramolecular Hbond substituents is 1. The van der Waals surface area contributed by atoms with Crippen LogP contribution < -0.4 is 33.2 Å². The van der Waals surface area contributed by atoms with Gasteiger partial charge in [0.05, 0.1) is 62.8 Å². The van der Waals surface area contributed by atoms with Crippen molar-refractivity contribution in [1.29, 1.82) is 0 Å². The van der Waals surface area contributed by atoms with Crippen molar-refractivity contribution in [1.82, 2.24) is 0 Å². The first-order valence-corrected chi connectivity index (χ1v) is 23.4. The molecule has 4 aromatic rings. The SMILES string of the molecule is C=CCOc1c(C(=O)O)ccc([N+](=O)[O-])c1OCC(C)C.C=CCOc1c(C=O)ccc([N+](=O)[O-])c1OCC(C)C.CC(=O)Oc1c(C=O)ccc([N+](=O)[O-])c1OCC(C)C.CC(C)COc1c([N+](=O)[O-])ccc(C=O)c1O. The van der Waals surface area contributed by atoms with Gasteiger partial charge in [-0.1, -0.05) is 80.7 Å². The second-order valence-electron chi connectivity index (χ2n) is 17.6. The molecule has 422 valence electrons. The van der Waals surface area contributed by atoms with Crippen LogP contribution in [0.5, 0.6) is 46.0 Å². The van der Waals surface area contributed by atoms with Gasteiger partial charge in [0.1, 0.15) is 18.8 Å². The maximum atomic E-state index is 11.2. The molecule has 0 radical (unpaired) electrons. The minimum absolute atomic E-state index is 0.0134. The summed E-state index contributed by atoms with van der Waals surface area (Å²) in [4.78, 5) is 96.3. The average Bonchev–Trinajstić information content (AvgIpc) is 3.37. The van der Waals surface area contributed by atoms with E-state index in [9.17, 15) is 69.5 Å². The lowest BCUT2D eigenvalue weighted by Crippen LogP contribution is -2.11. The van der Waals surface area contributed by atoms with E-state index >= 15 is 0 Å². The molecule has 26 heteroatoms. The van der Waals surface area contributed by atoms with Gasteiger partial charge in [-0.15, -0.1) is 0 Å². The number of carboxylic acid groups (broad SMARTS) is 1. The number of esters is 1. The van der Waals surface area contributed by atoms with Gasteiger partial charge >= 0.3 is 34.7 Å². The molecule has 0 fully saturated rings. The molecule has 0 heterocycles. The number of rotatable bonds is 27. The molecule has 78 heavy (non-hydrogen) atoms. The Morgan fingerprint density at radius 2 is 0.795 bits per heavy atom. The molecule has 0 bridgehead atoms. The zero-order valence-electron chi connectivity index (χ0n) is 44.3. The lowest BCUT2D eigenvalue weighted by atomic mass is 10.1. The summed E-state index contributed by atoms with van der Waals surface area (Å²) in [5.41, 5.74) is -1.27. The minimum Gasteiger partial charge on any atom is -0.504 e. The maximum absolute atomic E-state index is 11.2. The van der Waals surface area contributed by atoms with Gasteiger partial charge in [-0.05, 0) is 47.9 Å². The van der Waals surface area contributed by atoms with Gasteiger partial charge in [-0.3, -0.25) is 59.6 Å². The average molecular weight is 1100 g/mol. The molecule has 0 atom stereocenters. The van der Waals surface area contributed by atoms with Gasteiger partial charge in [0.2, 0.25) is 23.0 Å². The van der Waals surface area contributed by atoms with Crippen LogP contribution in [0.15, 0.2) is 73.8 Å². The Morgan fingerprint density at radius 3 is 1.13 bits per heavy atom. The molecular weight excluding hydrogens is 1030 g/mol. The van der Waals surface area contributed by atoms with E-state index in [2.05, 4.69) is 13.2 Å². The van der Waals surface area contributed by atoms with Crippen LogP contribution in [0.25, 0.3) is 0 Å². The number of carboxylic acids is 1. The third-order valence-corrected chi connectivity index (χ3v) is 9.06. The summed E-state index contributed by atoms with van der Waals surface area (Å²) in [6.07, 6.45) is 4.34. The molecule has 0 aromatic heterocycles. The first-order chi connectivity index (χ1) is 36.7. The smallest absolute Gasteiger partial charge is 0.339 e. The van der Waals surface area contributed by atoms with Crippen molar-refractivity contribution in [3.8, 4) is 46.0 Å². The minimum atomic E-state index is -1.25. The number of carbonyl (C=O) groups excluding carboxylic acids is 4. The van der Waals surface area contributed by atoms with Crippen LogP contribution in [-0.2, 0) is 4.79 Å². The lowest BCUT2D eigenvalue weighted by Gasteiger charge is -2.15. The summed E-state index contributed by atoms with van der Waals surface area (Å²) in [6, 6.07) is 9.48. The monoisotopic (exact) mass is 1090 g/mol. The highest BCUT2D eigenvalue weighted by Crippen LogP contribution is 2.43. The number of carbonyl (C=O) groups is 5. The number of nitro groups is 4. The Morgan fingerprint density at radius 1 is 0.487 bits per heavy atom. The summed E-state index contributed by atoms with van der Waals surface area (Å²) in [6.45, 7) is 24.2. The topological polar surface area (TPSA) is 363 Å². The van der Waals surface area contributed by atoms with Gasteiger partial charge in [-0.25, -0.2) is 4.79 Å². The molecule has 0 saturated carbocycles. The number of aldehydes is 3. The highest BCUT2D eigenvalue weighted by Gasteiger charge is 2.29. The zero-order chi connectivity index (χ0) is 59.4. The number of nitro benzene ring substituents is 4. The van der Waals surface area contributed by atoms with E-state index in [0.717, 1.165) is 31.2 Å². The molecule has 4 rings (SSSR count). The van der Waals surface area contributed by atoms with E-state index in [0.29, 0.717) is 18.9 Å². The van der Waals surface area contributed by atoms with Crippen LogP contribution in [0.2, 0.25) is 0 Å². The van der Waals surface area contributed by atoms with Crippen molar-refractivity contribution < 1.29 is 87.0 Å². The summed E-state index contributed by atoms with van der Waals surface area (Å²) in [5, 5.41) is 62.7. The quantitative estimate of drug-likeness (QED) is 0.0140. The molecule has 4 aromatic carbocycles. The van der Waals surface area contributed by atoms with E-state index in [-0.39, 0.29) is 149 Å². The normalized spacial score (nSPS) is 10.2. The van der Waals surface area contributed by atoms with E-state index in [1.54, 1.807) is 0 Å². The number of hydrogen-bond acceptors (Lipinski definition) is 21. The van der Waals surface area contributed by atoms with E-state index in [1.165, 1.54) is 36.4 Å². The molecular formula is C52H62N4O22. The fourth-order valence-corrected chi connectivity index (χ4v) is 5.67. The van der Waals surface area contributed by atoms with Crippen LogP contribution >= 0.6 is 0 Å². The number of aromatic hydroxyl groups is 1. The van der Waals surface area contributed by atoms with Crippen LogP contribution in [-0.4, -0.2) is 100 Å². The van der Waals surface area contributed by atoms with Gasteiger partial charge in [-0.2, -0.15) is 0 Å². The van der Waals surface area contributed by atoms with Crippen LogP contribution in [0.1, 0.15) is 104 Å². The molecule has 0 unspecified atom stereocenters. The largest absolute Gasteiger partial charge is 0.504 e. The number of benzene rings is 4. The number of hydrogen-bond donors (Lipinski definition) is 2. The summed E-state index contributed by atoms with van der Waals surface area (Å²) in [7, 11) is 0. The summed E-state index contributed by atoms with van der Waals surface area (Å²) in [5.74, 6) is -2.83. The molecule has 0 saturated heterocycles. The van der Waals surface area contributed by atoms with E-state index in [4.69, 9.17) is 38.3 Å². The molecule has 0 aliphatic heterocycles. The first kappa shape index (κ1) is 66.5. The predicted octanol–water partition coefficient (Wildman–Crippen LogP) is 10.4. The fourth-order valence-electron chi connectivity index (χ4n) is 5.67. The Labute approximate surface area is 447 Å². The summed E-state index contributed by atoms with van der Waals surface area (Å²) >= 11 is 0. The van der Waals surface area contributed by atoms with Crippen LogP contribution in [0, 0.1) is 64.1 Å². The van der Waals surface area contributed by atoms with E-state index < -0.39 is 37.4 Å².